The van der Waals surface area contributed by atoms with Gasteiger partial charge < -0.3 is 0 Å². The molecule has 1 atom stereocenters. The second-order valence-electron chi connectivity index (χ2n) is 3.63. The predicted molar refractivity (Wildman–Crippen MR) is 71.2 cm³/mol. The van der Waals surface area contributed by atoms with Crippen LogP contribution < -0.4 is 4.90 Å². The molecule has 1 aliphatic heterocycles. The molecule has 17 heavy (non-hydrogen) atoms. The number of thiophene rings is 1. The van der Waals surface area contributed by atoms with E-state index in [1.165, 1.54) is 4.88 Å². The van der Waals surface area contributed by atoms with Gasteiger partial charge in [-0.1, -0.05) is 12.1 Å². The van der Waals surface area contributed by atoms with Crippen molar-refractivity contribution in [3.8, 4) is 0 Å². The highest BCUT2D eigenvalue weighted by Gasteiger charge is 2.35. The molecule has 1 amide bonds. The molecule has 0 saturated carbocycles. The van der Waals surface area contributed by atoms with Crippen LogP contribution in [0.1, 0.15) is 10.3 Å². The Balaban J connectivity index is 1.98. The molecule has 1 unspecified atom stereocenters. The maximum Gasteiger partial charge on any atom is 0.239 e. The van der Waals surface area contributed by atoms with Crippen molar-refractivity contribution in [1.29, 1.82) is 0 Å². The lowest BCUT2D eigenvalue weighted by molar-refractivity contribution is -0.115. The van der Waals surface area contributed by atoms with E-state index >= 15 is 0 Å². The number of nitrogens with zero attached hydrogens (tertiary/aromatic N) is 2. The van der Waals surface area contributed by atoms with Crippen molar-refractivity contribution in [2.45, 2.75) is 5.37 Å². The van der Waals surface area contributed by atoms with E-state index in [1.807, 2.05) is 29.6 Å². The number of thioether (sulfide) groups is 1. The number of pyridine rings is 1. The van der Waals surface area contributed by atoms with Gasteiger partial charge in [-0.05, 0) is 23.6 Å². The van der Waals surface area contributed by atoms with Crippen molar-refractivity contribution in [1.82, 2.24) is 4.98 Å². The summed E-state index contributed by atoms with van der Waals surface area (Å²) in [5.74, 6) is 1.40. The molecule has 0 spiro atoms. The maximum atomic E-state index is 12.0. The van der Waals surface area contributed by atoms with E-state index in [9.17, 15) is 4.79 Å². The average molecular weight is 262 g/mol. The summed E-state index contributed by atoms with van der Waals surface area (Å²) in [6, 6.07) is 9.72. The fraction of sp³-hybridized carbons (Fsp3) is 0.167. The van der Waals surface area contributed by atoms with E-state index in [1.54, 1.807) is 34.2 Å². The monoisotopic (exact) mass is 262 g/mol. The first-order valence-corrected chi connectivity index (χ1v) is 7.17. The Hall–Kier alpha value is -1.33. The molecule has 0 radical (unpaired) electrons. The molecule has 86 valence electrons. The first-order valence-electron chi connectivity index (χ1n) is 5.24. The summed E-state index contributed by atoms with van der Waals surface area (Å²) in [7, 11) is 0. The van der Waals surface area contributed by atoms with Crippen molar-refractivity contribution >= 4 is 34.8 Å². The first kappa shape index (κ1) is 10.8. The van der Waals surface area contributed by atoms with Crippen LogP contribution in [0.4, 0.5) is 5.82 Å². The Morgan fingerprint density at radius 1 is 1.29 bits per heavy atom. The molecular formula is C12H10N2OS2. The van der Waals surface area contributed by atoms with Crippen molar-refractivity contribution < 1.29 is 4.79 Å². The summed E-state index contributed by atoms with van der Waals surface area (Å²) >= 11 is 3.34. The Kier molecular flexibility index (Phi) is 2.86. The second-order valence-corrected chi connectivity index (χ2v) is 5.68. The third-order valence-corrected chi connectivity index (χ3v) is 4.82. The SMILES string of the molecule is O=C1CSC(c2cccs2)N1c1ccccn1. The van der Waals surface area contributed by atoms with E-state index < -0.39 is 0 Å². The molecule has 3 nitrogen and oxygen atoms in total. The molecule has 3 heterocycles. The predicted octanol–water partition coefficient (Wildman–Crippen LogP) is 2.92. The van der Waals surface area contributed by atoms with E-state index in [4.69, 9.17) is 0 Å². The third-order valence-electron chi connectivity index (χ3n) is 2.55. The molecule has 1 aliphatic rings. The van der Waals surface area contributed by atoms with Crippen LogP contribution >= 0.6 is 23.1 Å². The van der Waals surface area contributed by atoms with Crippen LogP contribution in [0, 0.1) is 0 Å². The molecule has 0 bridgehead atoms. The Morgan fingerprint density at radius 3 is 2.94 bits per heavy atom. The number of hydrogen-bond acceptors (Lipinski definition) is 4. The van der Waals surface area contributed by atoms with Crippen LogP contribution in [0.25, 0.3) is 0 Å². The normalized spacial score (nSPS) is 19.9. The Bertz CT molecular complexity index is 513. The summed E-state index contributed by atoms with van der Waals surface area (Å²) in [6.45, 7) is 0. The molecule has 5 heteroatoms. The summed E-state index contributed by atoms with van der Waals surface area (Å²) in [6.07, 6.45) is 1.72. The minimum absolute atomic E-state index is 0.0809. The topological polar surface area (TPSA) is 33.2 Å². The summed E-state index contributed by atoms with van der Waals surface area (Å²) in [5, 5.41) is 2.12. The number of aromatic nitrogens is 1. The average Bonchev–Trinajstić information content (AvgIpc) is 2.98. The Labute approximate surface area is 107 Å². The quantitative estimate of drug-likeness (QED) is 0.834. The zero-order chi connectivity index (χ0) is 11.7. The molecule has 1 saturated heterocycles. The van der Waals surface area contributed by atoms with Crippen molar-refractivity contribution in [3.05, 3.63) is 46.8 Å². The number of carbonyl (C=O) groups excluding carboxylic acids is 1. The second kappa shape index (κ2) is 4.50. The van der Waals surface area contributed by atoms with Crippen LogP contribution in [-0.4, -0.2) is 16.6 Å². The molecule has 2 aromatic heterocycles. The number of amides is 1. The van der Waals surface area contributed by atoms with Gasteiger partial charge in [0.1, 0.15) is 11.2 Å². The Morgan fingerprint density at radius 2 is 2.24 bits per heavy atom. The fourth-order valence-electron chi connectivity index (χ4n) is 1.81. The van der Waals surface area contributed by atoms with Crippen LogP contribution in [-0.2, 0) is 4.79 Å². The smallest absolute Gasteiger partial charge is 0.239 e. The molecule has 3 rings (SSSR count). The molecular weight excluding hydrogens is 252 g/mol. The van der Waals surface area contributed by atoms with Crippen LogP contribution in [0.2, 0.25) is 0 Å². The van der Waals surface area contributed by atoms with Gasteiger partial charge in [0.25, 0.3) is 0 Å². The number of hydrogen-bond donors (Lipinski definition) is 0. The molecule has 0 aromatic carbocycles. The van der Waals surface area contributed by atoms with Crippen molar-refractivity contribution in [2.75, 3.05) is 10.7 Å². The molecule has 0 aliphatic carbocycles. The number of carbonyl (C=O) groups is 1. The molecule has 2 aromatic rings. The van der Waals surface area contributed by atoms with E-state index in [0.29, 0.717) is 5.75 Å². The minimum Gasteiger partial charge on any atom is -0.278 e. The van der Waals surface area contributed by atoms with Gasteiger partial charge in [0.05, 0.1) is 5.75 Å². The maximum absolute atomic E-state index is 12.0. The fourth-order valence-corrected chi connectivity index (χ4v) is 3.93. The lowest BCUT2D eigenvalue weighted by Gasteiger charge is -2.21. The minimum atomic E-state index is 0.0809. The third kappa shape index (κ3) is 1.96. The van der Waals surface area contributed by atoms with Gasteiger partial charge in [0.15, 0.2) is 0 Å². The molecule has 0 N–H and O–H groups in total. The van der Waals surface area contributed by atoms with Crippen molar-refractivity contribution in [3.63, 3.8) is 0 Å². The van der Waals surface area contributed by atoms with Gasteiger partial charge in [-0.3, -0.25) is 9.69 Å². The van der Waals surface area contributed by atoms with Gasteiger partial charge in [-0.25, -0.2) is 4.98 Å². The van der Waals surface area contributed by atoms with Crippen LogP contribution in [0.15, 0.2) is 41.9 Å². The largest absolute Gasteiger partial charge is 0.278 e. The standard InChI is InChI=1S/C12H10N2OS2/c15-11-8-17-12(9-4-3-7-16-9)14(11)10-5-1-2-6-13-10/h1-7,12H,8H2. The van der Waals surface area contributed by atoms with Gasteiger partial charge in [-0.15, -0.1) is 23.1 Å². The van der Waals surface area contributed by atoms with Gasteiger partial charge >= 0.3 is 0 Å². The molecule has 1 fully saturated rings. The summed E-state index contributed by atoms with van der Waals surface area (Å²) in [4.78, 5) is 19.2. The van der Waals surface area contributed by atoms with E-state index in [2.05, 4.69) is 11.1 Å². The zero-order valence-corrected chi connectivity index (χ0v) is 10.6. The van der Waals surface area contributed by atoms with Crippen LogP contribution in [0.3, 0.4) is 0 Å². The van der Waals surface area contributed by atoms with Gasteiger partial charge in [0, 0.05) is 11.1 Å². The van der Waals surface area contributed by atoms with E-state index in [0.717, 1.165) is 5.82 Å². The van der Waals surface area contributed by atoms with Crippen LogP contribution in [0.5, 0.6) is 0 Å². The zero-order valence-electron chi connectivity index (χ0n) is 8.95. The van der Waals surface area contributed by atoms with Gasteiger partial charge in [0.2, 0.25) is 5.91 Å². The highest BCUT2D eigenvalue weighted by atomic mass is 32.2. The number of rotatable bonds is 2. The highest BCUT2D eigenvalue weighted by molar-refractivity contribution is 8.01. The van der Waals surface area contributed by atoms with Crippen molar-refractivity contribution in [2.24, 2.45) is 0 Å². The first-order chi connectivity index (χ1) is 8.36. The summed E-state index contributed by atoms with van der Waals surface area (Å²) in [5.41, 5.74) is 0. The highest BCUT2D eigenvalue weighted by Crippen LogP contribution is 2.42. The number of anilines is 1. The lowest BCUT2D eigenvalue weighted by atomic mass is 10.3. The summed E-state index contributed by atoms with van der Waals surface area (Å²) < 4.78 is 0. The lowest BCUT2D eigenvalue weighted by Crippen LogP contribution is -2.28. The van der Waals surface area contributed by atoms with E-state index in [-0.39, 0.29) is 11.3 Å². The van der Waals surface area contributed by atoms with Gasteiger partial charge in [-0.2, -0.15) is 0 Å².